The lowest BCUT2D eigenvalue weighted by Gasteiger charge is -2.28. The maximum absolute atomic E-state index is 12.3. The van der Waals surface area contributed by atoms with Gasteiger partial charge in [-0.15, -0.1) is 0 Å². The summed E-state index contributed by atoms with van der Waals surface area (Å²) in [6, 6.07) is 4.89. The highest BCUT2D eigenvalue weighted by Crippen LogP contribution is 2.25. The van der Waals surface area contributed by atoms with Gasteiger partial charge in [0.05, 0.1) is 19.3 Å². The Hall–Kier alpha value is -1.75. The first-order valence-corrected chi connectivity index (χ1v) is 6.55. The SMILES string of the molecule is COc1cccc(N)c1C(=O)N[C@@H]1CCCC[C@H]1O. The second-order valence-corrected chi connectivity index (χ2v) is 4.86. The molecule has 0 heterocycles. The molecule has 0 saturated heterocycles. The van der Waals surface area contributed by atoms with E-state index in [0.717, 1.165) is 25.7 Å². The van der Waals surface area contributed by atoms with Gasteiger partial charge in [0.2, 0.25) is 0 Å². The number of methoxy groups -OCH3 is 1. The van der Waals surface area contributed by atoms with Gasteiger partial charge in [-0.3, -0.25) is 4.79 Å². The lowest BCUT2D eigenvalue weighted by atomic mass is 9.92. The van der Waals surface area contributed by atoms with E-state index in [1.165, 1.54) is 7.11 Å². The van der Waals surface area contributed by atoms with Crippen molar-refractivity contribution in [2.45, 2.75) is 37.8 Å². The van der Waals surface area contributed by atoms with Gasteiger partial charge >= 0.3 is 0 Å². The van der Waals surface area contributed by atoms with Crippen LogP contribution >= 0.6 is 0 Å². The number of carbonyl (C=O) groups is 1. The summed E-state index contributed by atoms with van der Waals surface area (Å²) in [7, 11) is 1.50. The second kappa shape index (κ2) is 5.93. The molecule has 2 atom stereocenters. The molecule has 0 spiro atoms. The Labute approximate surface area is 112 Å². The van der Waals surface area contributed by atoms with Gasteiger partial charge in [0.25, 0.3) is 5.91 Å². The summed E-state index contributed by atoms with van der Waals surface area (Å²) in [6.45, 7) is 0. The fourth-order valence-electron chi connectivity index (χ4n) is 2.48. The van der Waals surface area contributed by atoms with E-state index >= 15 is 0 Å². The van der Waals surface area contributed by atoms with E-state index in [1.807, 2.05) is 0 Å². The normalized spacial score (nSPS) is 22.8. The molecule has 104 valence electrons. The predicted octanol–water partition coefficient (Wildman–Crippen LogP) is 1.31. The molecule has 1 amide bonds. The molecule has 0 unspecified atom stereocenters. The first kappa shape index (κ1) is 13.7. The third-order valence-corrected chi connectivity index (χ3v) is 3.55. The molecule has 0 aliphatic heterocycles. The zero-order valence-corrected chi connectivity index (χ0v) is 11.1. The van der Waals surface area contributed by atoms with E-state index in [1.54, 1.807) is 18.2 Å². The number of carbonyl (C=O) groups excluding carboxylic acids is 1. The molecule has 0 radical (unpaired) electrons. The van der Waals surface area contributed by atoms with Crippen molar-refractivity contribution in [1.29, 1.82) is 0 Å². The van der Waals surface area contributed by atoms with E-state index < -0.39 is 6.10 Å². The first-order valence-electron chi connectivity index (χ1n) is 6.55. The third-order valence-electron chi connectivity index (χ3n) is 3.55. The number of nitrogens with one attached hydrogen (secondary N) is 1. The van der Waals surface area contributed by atoms with Crippen molar-refractivity contribution < 1.29 is 14.6 Å². The van der Waals surface area contributed by atoms with E-state index in [-0.39, 0.29) is 11.9 Å². The monoisotopic (exact) mass is 264 g/mol. The van der Waals surface area contributed by atoms with Gasteiger partial charge < -0.3 is 20.9 Å². The summed E-state index contributed by atoms with van der Waals surface area (Å²) < 4.78 is 5.16. The smallest absolute Gasteiger partial charge is 0.257 e. The van der Waals surface area contributed by atoms with Gasteiger partial charge in [0.15, 0.2) is 0 Å². The summed E-state index contributed by atoms with van der Waals surface area (Å²) in [5.41, 5.74) is 6.55. The molecule has 2 rings (SSSR count). The summed E-state index contributed by atoms with van der Waals surface area (Å²) >= 11 is 0. The zero-order valence-electron chi connectivity index (χ0n) is 11.1. The van der Waals surface area contributed by atoms with Crippen LogP contribution in [0.1, 0.15) is 36.0 Å². The van der Waals surface area contributed by atoms with E-state index in [2.05, 4.69) is 5.32 Å². The molecule has 1 saturated carbocycles. The van der Waals surface area contributed by atoms with Gasteiger partial charge in [-0.05, 0) is 25.0 Å². The molecule has 19 heavy (non-hydrogen) atoms. The van der Waals surface area contributed by atoms with Crippen LogP contribution in [0.25, 0.3) is 0 Å². The Balaban J connectivity index is 2.15. The van der Waals surface area contributed by atoms with E-state index in [0.29, 0.717) is 17.0 Å². The number of nitrogen functional groups attached to an aromatic ring is 1. The summed E-state index contributed by atoms with van der Waals surface area (Å²) in [4.78, 5) is 12.3. The van der Waals surface area contributed by atoms with Gasteiger partial charge in [0, 0.05) is 5.69 Å². The fraction of sp³-hybridized carbons (Fsp3) is 0.500. The summed E-state index contributed by atoms with van der Waals surface area (Å²) in [5, 5.41) is 12.7. The highest BCUT2D eigenvalue weighted by Gasteiger charge is 2.26. The number of benzene rings is 1. The molecule has 5 nitrogen and oxygen atoms in total. The van der Waals surface area contributed by atoms with Crippen LogP contribution in [0.5, 0.6) is 5.75 Å². The van der Waals surface area contributed by atoms with Gasteiger partial charge in [-0.2, -0.15) is 0 Å². The first-order chi connectivity index (χ1) is 9.13. The number of amides is 1. The van der Waals surface area contributed by atoms with E-state index in [4.69, 9.17) is 10.5 Å². The number of anilines is 1. The van der Waals surface area contributed by atoms with Crippen LogP contribution in [0.3, 0.4) is 0 Å². The van der Waals surface area contributed by atoms with Crippen molar-refractivity contribution in [3.63, 3.8) is 0 Å². The topological polar surface area (TPSA) is 84.6 Å². The average molecular weight is 264 g/mol. The predicted molar refractivity (Wildman–Crippen MR) is 73.1 cm³/mol. The Morgan fingerprint density at radius 1 is 1.42 bits per heavy atom. The standard InChI is InChI=1S/C14H20N2O3/c1-19-12-8-4-5-9(15)13(12)14(18)16-10-6-2-3-7-11(10)17/h4-5,8,10-11,17H,2-3,6-7,15H2,1H3,(H,16,18)/t10-,11-/m1/s1. The molecule has 1 fully saturated rings. The van der Waals surface area contributed by atoms with Crippen molar-refractivity contribution in [2.75, 3.05) is 12.8 Å². The molecular formula is C14H20N2O3. The largest absolute Gasteiger partial charge is 0.496 e. The van der Waals surface area contributed by atoms with Gasteiger partial charge in [-0.1, -0.05) is 18.9 Å². The number of ether oxygens (including phenoxy) is 1. The lowest BCUT2D eigenvalue weighted by Crippen LogP contribution is -2.45. The molecule has 1 aromatic rings. The van der Waals surface area contributed by atoms with E-state index in [9.17, 15) is 9.90 Å². The molecule has 0 bridgehead atoms. The number of rotatable bonds is 3. The minimum absolute atomic E-state index is 0.203. The fourth-order valence-corrected chi connectivity index (χ4v) is 2.48. The Kier molecular flexibility index (Phi) is 4.27. The van der Waals surface area contributed by atoms with Crippen LogP contribution in [-0.4, -0.2) is 30.3 Å². The van der Waals surface area contributed by atoms with Crippen LogP contribution in [-0.2, 0) is 0 Å². The minimum atomic E-state index is -0.478. The number of nitrogens with two attached hydrogens (primary N) is 1. The third kappa shape index (κ3) is 2.98. The van der Waals surface area contributed by atoms with Crippen LogP contribution in [0.15, 0.2) is 18.2 Å². The van der Waals surface area contributed by atoms with Gasteiger partial charge in [0.1, 0.15) is 11.3 Å². The summed E-state index contributed by atoms with van der Waals surface area (Å²) in [6.07, 6.45) is 3.07. The lowest BCUT2D eigenvalue weighted by molar-refractivity contribution is 0.0716. The average Bonchev–Trinajstić information content (AvgIpc) is 2.40. The molecule has 5 heteroatoms. The van der Waals surface area contributed by atoms with Crippen molar-refractivity contribution in [3.8, 4) is 5.75 Å². The van der Waals surface area contributed by atoms with Crippen LogP contribution in [0.4, 0.5) is 5.69 Å². The number of hydrogen-bond acceptors (Lipinski definition) is 4. The molecule has 1 aliphatic carbocycles. The molecular weight excluding hydrogens is 244 g/mol. The maximum atomic E-state index is 12.3. The van der Waals surface area contributed by atoms with Crippen molar-refractivity contribution in [2.24, 2.45) is 0 Å². The van der Waals surface area contributed by atoms with Crippen molar-refractivity contribution in [3.05, 3.63) is 23.8 Å². The molecule has 1 aromatic carbocycles. The number of aliphatic hydroxyl groups is 1. The van der Waals surface area contributed by atoms with Crippen molar-refractivity contribution >= 4 is 11.6 Å². The zero-order chi connectivity index (χ0) is 13.8. The van der Waals surface area contributed by atoms with Crippen molar-refractivity contribution in [1.82, 2.24) is 5.32 Å². The summed E-state index contributed by atoms with van der Waals surface area (Å²) in [5.74, 6) is 0.156. The Morgan fingerprint density at radius 3 is 2.84 bits per heavy atom. The van der Waals surface area contributed by atoms with Gasteiger partial charge in [-0.25, -0.2) is 0 Å². The molecule has 0 aromatic heterocycles. The quantitative estimate of drug-likeness (QED) is 0.719. The van der Waals surface area contributed by atoms with Crippen LogP contribution < -0.4 is 15.8 Å². The Morgan fingerprint density at radius 2 is 2.16 bits per heavy atom. The second-order valence-electron chi connectivity index (χ2n) is 4.86. The molecule has 1 aliphatic rings. The Bertz CT molecular complexity index is 462. The molecule has 4 N–H and O–H groups in total. The highest BCUT2D eigenvalue weighted by atomic mass is 16.5. The number of aliphatic hydroxyl groups excluding tert-OH is 1. The number of hydrogen-bond donors (Lipinski definition) is 3. The maximum Gasteiger partial charge on any atom is 0.257 e. The minimum Gasteiger partial charge on any atom is -0.496 e. The van der Waals surface area contributed by atoms with Crippen LogP contribution in [0.2, 0.25) is 0 Å². The highest BCUT2D eigenvalue weighted by molar-refractivity contribution is 6.02. The van der Waals surface area contributed by atoms with Crippen LogP contribution in [0, 0.1) is 0 Å².